The molecule has 2 aromatic rings. The number of hydrogen-bond acceptors (Lipinski definition) is 9. The zero-order chi connectivity index (χ0) is 35.7. The van der Waals surface area contributed by atoms with Gasteiger partial charge in [0.15, 0.2) is 0 Å². The van der Waals surface area contributed by atoms with Crippen molar-refractivity contribution in [2.75, 3.05) is 13.2 Å². The summed E-state index contributed by atoms with van der Waals surface area (Å²) in [6.07, 6.45) is -2.11. The summed E-state index contributed by atoms with van der Waals surface area (Å²) in [5.41, 5.74) is 0.422. The van der Waals surface area contributed by atoms with Crippen molar-refractivity contribution < 1.29 is 43.3 Å². The number of nitrogens with zero attached hydrogens (tertiary/aromatic N) is 2. The van der Waals surface area contributed by atoms with E-state index >= 15 is 0 Å². The minimum atomic E-state index is -1.40. The molecule has 0 radical (unpaired) electrons. The van der Waals surface area contributed by atoms with Crippen LogP contribution in [0.3, 0.4) is 0 Å². The van der Waals surface area contributed by atoms with Gasteiger partial charge in [-0.2, -0.15) is 0 Å². The van der Waals surface area contributed by atoms with Crippen molar-refractivity contribution in [3.05, 3.63) is 69.7 Å². The number of hydrogen-bond donors (Lipinski definition) is 3. The lowest BCUT2D eigenvalue weighted by Crippen LogP contribution is -2.64. The quantitative estimate of drug-likeness (QED) is 0.276. The van der Waals surface area contributed by atoms with Crippen LogP contribution >= 0.6 is 23.2 Å². The molecule has 2 fully saturated rings. The summed E-state index contributed by atoms with van der Waals surface area (Å²) in [6, 6.07) is 10.4. The van der Waals surface area contributed by atoms with Gasteiger partial charge in [0.1, 0.15) is 24.3 Å². The van der Waals surface area contributed by atoms with Gasteiger partial charge in [-0.3, -0.25) is 24.2 Å². The molecule has 1 unspecified atom stereocenters. The van der Waals surface area contributed by atoms with Gasteiger partial charge in [0.25, 0.3) is 5.91 Å². The third kappa shape index (κ3) is 10.8. The van der Waals surface area contributed by atoms with Crippen molar-refractivity contribution in [1.82, 2.24) is 20.7 Å². The lowest BCUT2D eigenvalue weighted by atomic mass is 10.0. The van der Waals surface area contributed by atoms with Gasteiger partial charge in [-0.05, 0) is 57.7 Å². The van der Waals surface area contributed by atoms with E-state index in [4.69, 9.17) is 37.4 Å². The zero-order valence-electron chi connectivity index (χ0n) is 27.7. The number of carbonyl (C=O) groups is 5. The Balaban J connectivity index is 1.47. The normalized spacial score (nSPS) is 19.3. The van der Waals surface area contributed by atoms with Crippen molar-refractivity contribution in [3.8, 4) is 0 Å². The van der Waals surface area contributed by atoms with Crippen molar-refractivity contribution in [3.63, 3.8) is 0 Å². The van der Waals surface area contributed by atoms with Crippen LogP contribution in [0.25, 0.3) is 0 Å². The first-order valence-electron chi connectivity index (χ1n) is 16.0. The largest absolute Gasteiger partial charge is 0.460 e. The van der Waals surface area contributed by atoms with Crippen LogP contribution in [0.1, 0.15) is 64.0 Å². The van der Waals surface area contributed by atoms with E-state index in [1.54, 1.807) is 63.2 Å². The summed E-state index contributed by atoms with van der Waals surface area (Å²) in [5, 5.41) is 19.4. The predicted octanol–water partition coefficient (Wildman–Crippen LogP) is 3.91. The topological polar surface area (TPSA) is 164 Å². The van der Waals surface area contributed by atoms with E-state index in [1.165, 1.54) is 5.01 Å². The fraction of sp³-hybridized carbons (Fsp3) is 0.500. The molecule has 0 spiro atoms. The molecule has 4 atom stereocenters. The molecule has 2 saturated heterocycles. The number of aliphatic hydroxyl groups is 1. The third-order valence-corrected chi connectivity index (χ3v) is 8.57. The second-order valence-electron chi connectivity index (χ2n) is 12.8. The Morgan fingerprint density at radius 3 is 2.37 bits per heavy atom. The molecule has 2 aliphatic heterocycles. The van der Waals surface area contributed by atoms with Crippen molar-refractivity contribution in [1.29, 1.82) is 0 Å². The molecule has 49 heavy (non-hydrogen) atoms. The van der Waals surface area contributed by atoms with Gasteiger partial charge >= 0.3 is 12.1 Å². The SMILES string of the molecule is CC(C)(C)OC(=O)C[C@H](NC(=O)[C@@H]1CCCN2C(=O)CC[C@H](NC(=O)OCc3ccccc3)C(=O)N12)C(O)COCc1c(Cl)cccc1Cl. The van der Waals surface area contributed by atoms with Crippen LogP contribution in [0.5, 0.6) is 0 Å². The summed E-state index contributed by atoms with van der Waals surface area (Å²) in [6.45, 7) is 4.87. The molecule has 3 N–H and O–H groups in total. The third-order valence-electron chi connectivity index (χ3n) is 7.86. The number of halogens is 2. The number of benzene rings is 2. The molecular formula is C34H42Cl2N4O9. The minimum absolute atomic E-state index is 0.00616. The van der Waals surface area contributed by atoms with Gasteiger partial charge < -0.3 is 30.0 Å². The van der Waals surface area contributed by atoms with Gasteiger partial charge in [-0.15, -0.1) is 0 Å². The fourth-order valence-corrected chi connectivity index (χ4v) is 6.01. The molecule has 0 saturated carbocycles. The Bertz CT molecular complexity index is 1480. The smallest absolute Gasteiger partial charge is 0.408 e. The van der Waals surface area contributed by atoms with Crippen molar-refractivity contribution >= 4 is 53.0 Å². The number of aliphatic hydroxyl groups excluding tert-OH is 1. The van der Waals surface area contributed by atoms with E-state index in [-0.39, 0.29) is 51.5 Å². The van der Waals surface area contributed by atoms with E-state index in [9.17, 15) is 29.1 Å². The van der Waals surface area contributed by atoms with Crippen LogP contribution in [-0.4, -0.2) is 87.9 Å². The number of carbonyl (C=O) groups excluding carboxylic acids is 5. The monoisotopic (exact) mass is 720 g/mol. The number of alkyl carbamates (subject to hydrolysis) is 1. The fourth-order valence-electron chi connectivity index (χ4n) is 5.51. The molecule has 2 aromatic carbocycles. The Hall–Kier alpha value is -3.91. The average Bonchev–Trinajstić information content (AvgIpc) is 3.16. The average molecular weight is 722 g/mol. The molecule has 2 aliphatic rings. The molecule has 15 heteroatoms. The first-order valence-corrected chi connectivity index (χ1v) is 16.8. The number of rotatable bonds is 12. The van der Waals surface area contributed by atoms with Crippen molar-refractivity contribution in [2.45, 2.75) is 95.9 Å². The number of hydrazine groups is 1. The summed E-state index contributed by atoms with van der Waals surface area (Å²) >= 11 is 12.5. The van der Waals surface area contributed by atoms with E-state index in [0.29, 0.717) is 22.0 Å². The van der Waals surface area contributed by atoms with E-state index in [2.05, 4.69) is 10.6 Å². The van der Waals surface area contributed by atoms with Gasteiger partial charge in [0, 0.05) is 28.6 Å². The highest BCUT2D eigenvalue weighted by atomic mass is 35.5. The Kier molecular flexibility index (Phi) is 13.3. The molecule has 2 heterocycles. The van der Waals surface area contributed by atoms with Crippen LogP contribution in [0.15, 0.2) is 48.5 Å². The van der Waals surface area contributed by atoms with Gasteiger partial charge in [0.05, 0.1) is 31.8 Å². The first kappa shape index (κ1) is 37.9. The number of nitrogens with one attached hydrogen (secondary N) is 2. The highest BCUT2D eigenvalue weighted by Gasteiger charge is 2.45. The van der Waals surface area contributed by atoms with E-state index < -0.39 is 60.1 Å². The summed E-state index contributed by atoms with van der Waals surface area (Å²) < 4.78 is 16.4. The first-order chi connectivity index (χ1) is 23.2. The summed E-state index contributed by atoms with van der Waals surface area (Å²) in [5.74, 6) is -2.44. The molecular weight excluding hydrogens is 679 g/mol. The maximum atomic E-state index is 13.9. The van der Waals surface area contributed by atoms with Crippen LogP contribution < -0.4 is 10.6 Å². The Morgan fingerprint density at radius 1 is 1.00 bits per heavy atom. The molecule has 0 aliphatic carbocycles. The number of esters is 1. The molecule has 13 nitrogen and oxygen atoms in total. The lowest BCUT2D eigenvalue weighted by molar-refractivity contribution is -0.176. The second-order valence-corrected chi connectivity index (χ2v) is 13.7. The van der Waals surface area contributed by atoms with Crippen LogP contribution in [0.4, 0.5) is 4.79 Å². The second kappa shape index (κ2) is 17.1. The van der Waals surface area contributed by atoms with Crippen LogP contribution in [0, 0.1) is 0 Å². The predicted molar refractivity (Wildman–Crippen MR) is 179 cm³/mol. The zero-order valence-corrected chi connectivity index (χ0v) is 29.2. The van der Waals surface area contributed by atoms with E-state index in [1.807, 2.05) is 6.07 Å². The number of ether oxygens (including phenoxy) is 3. The molecule has 0 aromatic heterocycles. The van der Waals surface area contributed by atoms with E-state index in [0.717, 1.165) is 10.6 Å². The van der Waals surface area contributed by atoms with Gasteiger partial charge in [-0.25, -0.2) is 9.80 Å². The molecule has 4 rings (SSSR count). The lowest BCUT2D eigenvalue weighted by Gasteiger charge is -2.43. The van der Waals surface area contributed by atoms with Gasteiger partial charge in [-0.1, -0.05) is 59.6 Å². The van der Waals surface area contributed by atoms with Crippen LogP contribution in [0.2, 0.25) is 10.0 Å². The number of amides is 4. The molecule has 0 bridgehead atoms. The van der Waals surface area contributed by atoms with Crippen molar-refractivity contribution in [2.24, 2.45) is 0 Å². The molecule has 4 amide bonds. The van der Waals surface area contributed by atoms with Gasteiger partial charge in [0.2, 0.25) is 11.8 Å². The number of fused-ring (bicyclic) bond motifs is 1. The molecule has 266 valence electrons. The Labute approximate surface area is 295 Å². The summed E-state index contributed by atoms with van der Waals surface area (Å²) in [7, 11) is 0. The maximum Gasteiger partial charge on any atom is 0.408 e. The highest BCUT2D eigenvalue weighted by molar-refractivity contribution is 6.35. The standard InChI is InChI=1S/C34H42Cl2N4O9/c1-34(2,3)49-30(43)17-26(28(41)20-47-19-22-23(35)11-7-12-24(22)36)37-31(44)27-13-8-16-39-29(42)15-14-25(32(45)40(27)39)38-33(46)48-18-21-9-5-4-6-10-21/h4-7,9-12,25-28,41H,8,13-20H2,1-3H3,(H,37,44)(H,38,46)/t25-,26-,27-,28?/m0/s1. The maximum absolute atomic E-state index is 13.9. The summed E-state index contributed by atoms with van der Waals surface area (Å²) in [4.78, 5) is 66.3. The Morgan fingerprint density at radius 2 is 1.69 bits per heavy atom. The minimum Gasteiger partial charge on any atom is -0.460 e. The van der Waals surface area contributed by atoms with Crippen LogP contribution in [-0.2, 0) is 46.6 Å². The highest BCUT2D eigenvalue weighted by Crippen LogP contribution is 2.27.